The number of halogens is 1. The molecule has 1 aromatic carbocycles. The van der Waals surface area contributed by atoms with Gasteiger partial charge in [0, 0.05) is 13.1 Å². The fraction of sp³-hybridized carbons (Fsp3) is 0.471. The Balaban J connectivity index is 0.00000225. The van der Waals surface area contributed by atoms with Crippen LogP contribution in [-0.4, -0.2) is 60.6 Å². The van der Waals surface area contributed by atoms with Crippen molar-refractivity contribution in [2.75, 3.05) is 33.0 Å². The maximum atomic E-state index is 13.2. The third-order valence-electron chi connectivity index (χ3n) is 4.71. The van der Waals surface area contributed by atoms with E-state index in [0.29, 0.717) is 31.9 Å². The van der Waals surface area contributed by atoms with Crippen LogP contribution in [0.2, 0.25) is 0 Å². The van der Waals surface area contributed by atoms with E-state index in [1.165, 1.54) is 0 Å². The summed E-state index contributed by atoms with van der Waals surface area (Å²) < 4.78 is 5.29. The van der Waals surface area contributed by atoms with Crippen molar-refractivity contribution in [1.29, 1.82) is 0 Å². The summed E-state index contributed by atoms with van der Waals surface area (Å²) in [7, 11) is 0. The quantitative estimate of drug-likeness (QED) is 0.807. The van der Waals surface area contributed by atoms with Gasteiger partial charge in [-0.25, -0.2) is 9.69 Å². The zero-order valence-electron chi connectivity index (χ0n) is 14.1. The number of hydrogen-bond acceptors (Lipinski definition) is 5. The Morgan fingerprint density at radius 2 is 1.76 bits per heavy atom. The molecule has 0 aromatic heterocycles. The third-order valence-corrected chi connectivity index (χ3v) is 4.71. The van der Waals surface area contributed by atoms with E-state index in [9.17, 15) is 14.4 Å². The molecule has 4 amide bonds. The molecule has 0 saturated carbocycles. The molecule has 7 nitrogen and oxygen atoms in total. The average molecular weight is 368 g/mol. The third kappa shape index (κ3) is 3.40. The minimum Gasteiger partial charge on any atom is -0.379 e. The largest absolute Gasteiger partial charge is 0.379 e. The molecule has 1 aromatic rings. The zero-order chi connectivity index (χ0) is 17.2. The molecule has 2 aliphatic heterocycles. The molecule has 2 saturated heterocycles. The van der Waals surface area contributed by atoms with Crippen LogP contribution in [0.1, 0.15) is 18.9 Å². The number of carbonyl (C=O) groups excluding carboxylic acids is 3. The minimum absolute atomic E-state index is 0. The van der Waals surface area contributed by atoms with Crippen molar-refractivity contribution in [3.63, 3.8) is 0 Å². The van der Waals surface area contributed by atoms with Crippen molar-refractivity contribution in [3.05, 3.63) is 35.9 Å². The second-order valence-electron chi connectivity index (χ2n) is 5.99. The smallest absolute Gasteiger partial charge is 0.331 e. The Morgan fingerprint density at radius 3 is 2.36 bits per heavy atom. The van der Waals surface area contributed by atoms with E-state index in [4.69, 9.17) is 4.74 Å². The highest BCUT2D eigenvalue weighted by Gasteiger charge is 2.54. The van der Waals surface area contributed by atoms with Crippen molar-refractivity contribution in [2.24, 2.45) is 0 Å². The number of amides is 4. The number of carbonyl (C=O) groups is 3. The molecule has 8 heteroatoms. The van der Waals surface area contributed by atoms with Gasteiger partial charge < -0.3 is 4.74 Å². The van der Waals surface area contributed by atoms with Gasteiger partial charge in [-0.15, -0.1) is 12.4 Å². The first-order chi connectivity index (χ1) is 11.6. The number of benzene rings is 1. The molecule has 0 radical (unpaired) electrons. The van der Waals surface area contributed by atoms with E-state index in [-0.39, 0.29) is 25.5 Å². The Kier molecular flexibility index (Phi) is 6.16. The molecule has 25 heavy (non-hydrogen) atoms. The topological polar surface area (TPSA) is 79.0 Å². The first kappa shape index (κ1) is 19.4. The molecule has 136 valence electrons. The Labute approximate surface area is 152 Å². The van der Waals surface area contributed by atoms with Gasteiger partial charge in [0.15, 0.2) is 5.41 Å². The van der Waals surface area contributed by atoms with Gasteiger partial charge in [0.05, 0.1) is 19.9 Å². The van der Waals surface area contributed by atoms with Crippen LogP contribution in [0, 0.1) is 0 Å². The van der Waals surface area contributed by atoms with E-state index < -0.39 is 23.3 Å². The molecule has 2 heterocycles. The van der Waals surface area contributed by atoms with Crippen molar-refractivity contribution in [3.8, 4) is 0 Å². The van der Waals surface area contributed by atoms with Crippen LogP contribution >= 0.6 is 12.4 Å². The highest BCUT2D eigenvalue weighted by Crippen LogP contribution is 2.33. The lowest BCUT2D eigenvalue weighted by Gasteiger charge is -2.41. The lowest BCUT2D eigenvalue weighted by atomic mass is 9.75. The monoisotopic (exact) mass is 367 g/mol. The minimum atomic E-state index is -1.36. The molecule has 1 atom stereocenters. The summed E-state index contributed by atoms with van der Waals surface area (Å²) in [6.45, 7) is 4.38. The predicted octanol–water partition coefficient (Wildman–Crippen LogP) is 1.12. The molecular weight excluding hydrogens is 346 g/mol. The molecular formula is C17H22ClN3O4. The lowest BCUT2D eigenvalue weighted by Crippen LogP contribution is -2.67. The number of rotatable bonds is 4. The van der Waals surface area contributed by atoms with Gasteiger partial charge in [0.25, 0.3) is 5.91 Å². The number of nitrogens with zero attached hydrogens (tertiary/aromatic N) is 2. The summed E-state index contributed by atoms with van der Waals surface area (Å²) >= 11 is 0. The van der Waals surface area contributed by atoms with Crippen molar-refractivity contribution >= 4 is 30.3 Å². The van der Waals surface area contributed by atoms with Crippen LogP contribution in [0.3, 0.4) is 0 Å². The predicted molar refractivity (Wildman–Crippen MR) is 93.3 cm³/mol. The fourth-order valence-electron chi connectivity index (χ4n) is 3.26. The SMILES string of the molecule is CCC1(c2ccccc2)C(=O)NC(=O)N(CN2CCOCC2)C1=O.Cl. The normalized spacial score (nSPS) is 24.7. The van der Waals surface area contributed by atoms with Crippen LogP contribution in [0.15, 0.2) is 30.3 Å². The van der Waals surface area contributed by atoms with Gasteiger partial charge in [-0.3, -0.25) is 19.8 Å². The number of barbiturate groups is 1. The van der Waals surface area contributed by atoms with Crippen LogP contribution in [0.25, 0.3) is 0 Å². The van der Waals surface area contributed by atoms with E-state index in [2.05, 4.69) is 5.32 Å². The first-order valence-corrected chi connectivity index (χ1v) is 8.12. The molecule has 2 aliphatic rings. The van der Waals surface area contributed by atoms with Gasteiger partial charge in [-0.05, 0) is 12.0 Å². The van der Waals surface area contributed by atoms with Crippen LogP contribution in [0.4, 0.5) is 4.79 Å². The number of morpholine rings is 1. The van der Waals surface area contributed by atoms with Gasteiger partial charge in [-0.1, -0.05) is 37.3 Å². The van der Waals surface area contributed by atoms with Gasteiger partial charge >= 0.3 is 6.03 Å². The Hall–Kier alpha value is -1.96. The maximum absolute atomic E-state index is 13.2. The van der Waals surface area contributed by atoms with Crippen LogP contribution in [-0.2, 0) is 19.7 Å². The molecule has 3 rings (SSSR count). The van der Waals surface area contributed by atoms with E-state index in [0.717, 1.165) is 4.90 Å². The molecule has 0 bridgehead atoms. The summed E-state index contributed by atoms with van der Waals surface area (Å²) in [5, 5.41) is 2.36. The van der Waals surface area contributed by atoms with Crippen LogP contribution < -0.4 is 5.32 Å². The fourth-order valence-corrected chi connectivity index (χ4v) is 3.26. The van der Waals surface area contributed by atoms with Crippen LogP contribution in [0.5, 0.6) is 0 Å². The van der Waals surface area contributed by atoms with Crippen molar-refractivity contribution < 1.29 is 19.1 Å². The average Bonchev–Trinajstić information content (AvgIpc) is 2.61. The molecule has 1 unspecified atom stereocenters. The number of hydrogen-bond donors (Lipinski definition) is 1. The number of nitrogens with one attached hydrogen (secondary N) is 1. The molecule has 1 N–H and O–H groups in total. The van der Waals surface area contributed by atoms with Gasteiger partial charge in [-0.2, -0.15) is 0 Å². The highest BCUT2D eigenvalue weighted by atomic mass is 35.5. The van der Waals surface area contributed by atoms with Crippen molar-refractivity contribution in [2.45, 2.75) is 18.8 Å². The second kappa shape index (κ2) is 7.95. The van der Waals surface area contributed by atoms with Crippen molar-refractivity contribution in [1.82, 2.24) is 15.1 Å². The van der Waals surface area contributed by atoms with E-state index in [1.54, 1.807) is 31.2 Å². The van der Waals surface area contributed by atoms with E-state index >= 15 is 0 Å². The lowest BCUT2D eigenvalue weighted by molar-refractivity contribution is -0.147. The molecule has 0 aliphatic carbocycles. The highest BCUT2D eigenvalue weighted by molar-refractivity contribution is 6.22. The first-order valence-electron chi connectivity index (χ1n) is 8.12. The number of ether oxygens (including phenoxy) is 1. The summed E-state index contributed by atoms with van der Waals surface area (Å²) in [4.78, 5) is 41.1. The standard InChI is InChI=1S/C17H21N3O4.ClH/c1-2-17(13-6-4-3-5-7-13)14(21)18-16(23)20(15(17)22)12-19-8-10-24-11-9-19;/h3-7H,2,8-12H2,1H3,(H,18,21,23);1H. The van der Waals surface area contributed by atoms with Gasteiger partial charge in [0.1, 0.15) is 0 Å². The summed E-state index contributed by atoms with van der Waals surface area (Å²) in [6.07, 6.45) is 0.286. The summed E-state index contributed by atoms with van der Waals surface area (Å²) in [5.74, 6) is -1.01. The summed E-state index contributed by atoms with van der Waals surface area (Å²) in [5.41, 5.74) is -0.754. The molecule has 2 fully saturated rings. The molecule has 0 spiro atoms. The Bertz CT molecular complexity index is 649. The number of urea groups is 1. The maximum Gasteiger partial charge on any atom is 0.331 e. The zero-order valence-corrected chi connectivity index (χ0v) is 14.9. The number of imide groups is 2. The summed E-state index contributed by atoms with van der Waals surface area (Å²) in [6, 6.07) is 8.25. The van der Waals surface area contributed by atoms with E-state index in [1.807, 2.05) is 11.0 Å². The van der Waals surface area contributed by atoms with Gasteiger partial charge in [0.2, 0.25) is 5.91 Å². The Morgan fingerprint density at radius 1 is 1.12 bits per heavy atom. The second-order valence-corrected chi connectivity index (χ2v) is 5.99.